The number of hydrogen-bond acceptors (Lipinski definition) is 2. The smallest absolute Gasteiger partial charge is 0.193 e. The Hall–Kier alpha value is 0.350. The van der Waals surface area contributed by atoms with Gasteiger partial charge < -0.3 is 10.2 Å². The third-order valence-electron chi connectivity index (χ3n) is 2.87. The molecule has 0 atom stereocenters. The Bertz CT molecular complexity index is 244. The molecule has 0 aromatic carbocycles. The molecular weight excluding hydrogens is 345 g/mol. The van der Waals surface area contributed by atoms with Crippen molar-refractivity contribution in [3.63, 3.8) is 0 Å². The van der Waals surface area contributed by atoms with Crippen LogP contribution in [0.15, 0.2) is 4.99 Å². The van der Waals surface area contributed by atoms with E-state index < -0.39 is 0 Å². The molecule has 0 radical (unpaired) electrons. The first kappa shape index (κ1) is 17.4. The molecule has 1 heterocycles. The van der Waals surface area contributed by atoms with E-state index in [9.17, 15) is 0 Å². The second-order valence-electron chi connectivity index (χ2n) is 5.06. The van der Waals surface area contributed by atoms with Gasteiger partial charge in [0.15, 0.2) is 5.96 Å². The van der Waals surface area contributed by atoms with Crippen LogP contribution in [0.25, 0.3) is 0 Å². The van der Waals surface area contributed by atoms with Gasteiger partial charge in [-0.2, -0.15) is 11.8 Å². The van der Waals surface area contributed by atoms with E-state index in [1.165, 1.54) is 6.42 Å². The Balaban J connectivity index is 0.00000256. The summed E-state index contributed by atoms with van der Waals surface area (Å²) in [7, 11) is 0. The largest absolute Gasteiger partial charge is 0.357 e. The van der Waals surface area contributed by atoms with Crippen molar-refractivity contribution in [3.8, 4) is 0 Å². The average Bonchev–Trinajstić information content (AvgIpc) is 2.58. The Kier molecular flexibility index (Phi) is 8.63. The van der Waals surface area contributed by atoms with Crippen LogP contribution in [0.5, 0.6) is 0 Å². The van der Waals surface area contributed by atoms with E-state index >= 15 is 0 Å². The Morgan fingerprint density at radius 2 is 2.18 bits per heavy atom. The van der Waals surface area contributed by atoms with E-state index in [-0.39, 0.29) is 24.0 Å². The van der Waals surface area contributed by atoms with Crippen molar-refractivity contribution < 1.29 is 0 Å². The lowest BCUT2D eigenvalue weighted by Gasteiger charge is -2.23. The number of halogens is 1. The molecule has 1 rings (SSSR count). The monoisotopic (exact) mass is 371 g/mol. The number of hydrogen-bond donors (Lipinski definition) is 1. The molecule has 0 amide bonds. The first-order chi connectivity index (χ1) is 7.59. The molecule has 1 aliphatic heterocycles. The number of nitrogens with zero attached hydrogens (tertiary/aromatic N) is 2. The maximum atomic E-state index is 4.66. The molecule has 1 saturated heterocycles. The van der Waals surface area contributed by atoms with Gasteiger partial charge in [0.2, 0.25) is 0 Å². The standard InChI is InChI=1S/C12H25N3S.HI/c1-5-13-11(14-7-9-16-4)15-8-6-12(2,3)10-15;/h5-10H2,1-4H3,(H,13,14);1H. The highest BCUT2D eigenvalue weighted by molar-refractivity contribution is 14.0. The van der Waals surface area contributed by atoms with Gasteiger partial charge in [0.1, 0.15) is 0 Å². The minimum atomic E-state index is 0. The van der Waals surface area contributed by atoms with Crippen molar-refractivity contribution in [3.05, 3.63) is 0 Å². The fourth-order valence-electron chi connectivity index (χ4n) is 1.96. The van der Waals surface area contributed by atoms with Crippen LogP contribution < -0.4 is 5.32 Å². The predicted octanol–water partition coefficient (Wildman–Crippen LogP) is 2.66. The fourth-order valence-corrected chi connectivity index (χ4v) is 2.24. The van der Waals surface area contributed by atoms with Crippen LogP contribution >= 0.6 is 35.7 Å². The predicted molar refractivity (Wildman–Crippen MR) is 89.7 cm³/mol. The molecular formula is C12H26IN3S. The molecule has 0 bridgehead atoms. The van der Waals surface area contributed by atoms with Gasteiger partial charge in [-0.05, 0) is 25.0 Å². The highest BCUT2D eigenvalue weighted by atomic mass is 127. The van der Waals surface area contributed by atoms with E-state index in [0.29, 0.717) is 5.41 Å². The second kappa shape index (κ2) is 8.45. The summed E-state index contributed by atoms with van der Waals surface area (Å²) in [5.41, 5.74) is 0.440. The van der Waals surface area contributed by atoms with E-state index in [0.717, 1.165) is 37.9 Å². The van der Waals surface area contributed by atoms with Crippen LogP contribution in [-0.2, 0) is 0 Å². The molecule has 1 fully saturated rings. The van der Waals surface area contributed by atoms with Gasteiger partial charge in [0, 0.05) is 25.4 Å². The number of nitrogens with one attached hydrogen (secondary N) is 1. The van der Waals surface area contributed by atoms with Crippen LogP contribution in [0.3, 0.4) is 0 Å². The SMILES string of the molecule is CCNC(=NCCSC)N1CCC(C)(C)C1.I. The summed E-state index contributed by atoms with van der Waals surface area (Å²) < 4.78 is 0. The summed E-state index contributed by atoms with van der Waals surface area (Å²) in [5, 5.41) is 3.39. The van der Waals surface area contributed by atoms with Crippen molar-refractivity contribution >= 4 is 41.7 Å². The van der Waals surface area contributed by atoms with Gasteiger partial charge in [-0.1, -0.05) is 13.8 Å². The molecule has 5 heteroatoms. The fraction of sp³-hybridized carbons (Fsp3) is 0.917. The molecule has 0 aliphatic carbocycles. The molecule has 0 aromatic rings. The summed E-state index contributed by atoms with van der Waals surface area (Å²) in [6.45, 7) is 10.9. The third kappa shape index (κ3) is 6.18. The number of likely N-dealkylation sites (tertiary alicyclic amines) is 1. The van der Waals surface area contributed by atoms with E-state index in [1.807, 2.05) is 11.8 Å². The first-order valence-electron chi connectivity index (χ1n) is 6.11. The number of aliphatic imine (C=N–C) groups is 1. The van der Waals surface area contributed by atoms with Crippen LogP contribution in [0.2, 0.25) is 0 Å². The van der Waals surface area contributed by atoms with Crippen LogP contribution in [0.1, 0.15) is 27.2 Å². The number of guanidine groups is 1. The van der Waals surface area contributed by atoms with Crippen LogP contribution in [-0.4, -0.2) is 49.0 Å². The zero-order valence-electron chi connectivity index (χ0n) is 11.5. The van der Waals surface area contributed by atoms with Gasteiger partial charge in [-0.3, -0.25) is 4.99 Å². The number of rotatable bonds is 4. The van der Waals surface area contributed by atoms with Gasteiger partial charge in [0.05, 0.1) is 6.54 Å². The molecule has 0 spiro atoms. The maximum Gasteiger partial charge on any atom is 0.193 e. The molecule has 0 aromatic heterocycles. The van der Waals surface area contributed by atoms with Crippen molar-refractivity contribution in [2.24, 2.45) is 10.4 Å². The van der Waals surface area contributed by atoms with E-state index in [1.54, 1.807) is 0 Å². The highest BCUT2D eigenvalue weighted by Crippen LogP contribution is 2.28. The lowest BCUT2D eigenvalue weighted by molar-refractivity contribution is 0.370. The zero-order valence-corrected chi connectivity index (χ0v) is 14.6. The summed E-state index contributed by atoms with van der Waals surface area (Å²) >= 11 is 1.85. The lowest BCUT2D eigenvalue weighted by Crippen LogP contribution is -2.40. The van der Waals surface area contributed by atoms with E-state index in [4.69, 9.17) is 0 Å². The lowest BCUT2D eigenvalue weighted by atomic mass is 9.93. The van der Waals surface area contributed by atoms with E-state index in [2.05, 4.69) is 42.2 Å². The van der Waals surface area contributed by atoms with Gasteiger partial charge in [0.25, 0.3) is 0 Å². The first-order valence-corrected chi connectivity index (χ1v) is 7.50. The van der Waals surface area contributed by atoms with Crippen LogP contribution in [0.4, 0.5) is 0 Å². The normalized spacial score (nSPS) is 19.1. The molecule has 17 heavy (non-hydrogen) atoms. The minimum Gasteiger partial charge on any atom is -0.357 e. The Morgan fingerprint density at radius 1 is 1.47 bits per heavy atom. The van der Waals surface area contributed by atoms with Crippen molar-refractivity contribution in [2.45, 2.75) is 27.2 Å². The summed E-state index contributed by atoms with van der Waals surface area (Å²) in [4.78, 5) is 7.05. The maximum absolute atomic E-state index is 4.66. The average molecular weight is 371 g/mol. The molecule has 3 nitrogen and oxygen atoms in total. The van der Waals surface area contributed by atoms with Gasteiger partial charge in [-0.25, -0.2) is 0 Å². The Morgan fingerprint density at radius 3 is 2.65 bits per heavy atom. The van der Waals surface area contributed by atoms with Crippen molar-refractivity contribution in [2.75, 3.05) is 38.2 Å². The highest BCUT2D eigenvalue weighted by Gasteiger charge is 2.30. The van der Waals surface area contributed by atoms with Crippen LogP contribution in [0, 0.1) is 5.41 Å². The summed E-state index contributed by atoms with van der Waals surface area (Å²) in [5.74, 6) is 2.20. The molecule has 1 aliphatic rings. The van der Waals surface area contributed by atoms with Gasteiger partial charge in [-0.15, -0.1) is 24.0 Å². The quantitative estimate of drug-likeness (QED) is 0.356. The summed E-state index contributed by atoms with van der Waals surface area (Å²) in [6.07, 6.45) is 3.39. The zero-order chi connectivity index (χ0) is 12.0. The summed E-state index contributed by atoms with van der Waals surface area (Å²) in [6, 6.07) is 0. The molecule has 0 unspecified atom stereocenters. The second-order valence-corrected chi connectivity index (χ2v) is 6.05. The van der Waals surface area contributed by atoms with Gasteiger partial charge >= 0.3 is 0 Å². The molecule has 1 N–H and O–H groups in total. The molecule has 0 saturated carbocycles. The minimum absolute atomic E-state index is 0. The molecule has 102 valence electrons. The number of thioether (sulfide) groups is 1. The van der Waals surface area contributed by atoms with Crippen molar-refractivity contribution in [1.82, 2.24) is 10.2 Å². The Labute approximate surface area is 127 Å². The van der Waals surface area contributed by atoms with Crippen molar-refractivity contribution in [1.29, 1.82) is 0 Å². The topological polar surface area (TPSA) is 27.6 Å². The third-order valence-corrected chi connectivity index (χ3v) is 3.46.